The highest BCUT2D eigenvalue weighted by atomic mass is 35.5. The van der Waals surface area contributed by atoms with E-state index in [1.165, 1.54) is 30.3 Å². The number of rotatable bonds is 4. The number of carbonyl (C=O) groups excluding carboxylic acids is 2. The van der Waals surface area contributed by atoms with Crippen molar-refractivity contribution < 1.29 is 31.2 Å². The molecule has 0 saturated heterocycles. The lowest BCUT2D eigenvalue weighted by molar-refractivity contribution is -0.137. The molecule has 4 rings (SSSR count). The molecule has 0 bridgehead atoms. The lowest BCUT2D eigenvalue weighted by Gasteiger charge is -2.18. The van der Waals surface area contributed by atoms with Crippen LogP contribution in [0.2, 0.25) is 4.34 Å². The minimum atomic E-state index is -5.00. The average molecular weight is 486 g/mol. The van der Waals surface area contributed by atoms with E-state index >= 15 is 0 Å². The first-order valence-electron chi connectivity index (χ1n) is 8.41. The second-order valence-corrected chi connectivity index (χ2v) is 9.86. The molecule has 0 saturated carbocycles. The minimum Gasteiger partial charge on any atom is -0.268 e. The molecule has 0 atom stereocenters. The van der Waals surface area contributed by atoms with Gasteiger partial charge in [-0.3, -0.25) is 9.59 Å². The number of sulfonamides is 1. The summed E-state index contributed by atoms with van der Waals surface area (Å²) >= 11 is 6.34. The molecule has 2 amide bonds. The van der Waals surface area contributed by atoms with Crippen LogP contribution in [0.3, 0.4) is 0 Å². The third kappa shape index (κ3) is 3.80. The molecule has 31 heavy (non-hydrogen) atoms. The van der Waals surface area contributed by atoms with Crippen molar-refractivity contribution in [1.29, 1.82) is 0 Å². The van der Waals surface area contributed by atoms with E-state index in [1.54, 1.807) is 0 Å². The van der Waals surface area contributed by atoms with Crippen molar-refractivity contribution in [3.8, 4) is 0 Å². The third-order valence-corrected chi connectivity index (χ3v) is 7.35. The van der Waals surface area contributed by atoms with Gasteiger partial charge in [0.05, 0.1) is 32.4 Å². The molecular formula is C19H9ClF3N2O4S2. The van der Waals surface area contributed by atoms with Crippen LogP contribution in [0.4, 0.5) is 24.5 Å². The molecule has 0 spiro atoms. The lowest BCUT2D eigenvalue weighted by Crippen LogP contribution is -2.29. The van der Waals surface area contributed by atoms with Gasteiger partial charge in [0.15, 0.2) is 0 Å². The highest BCUT2D eigenvalue weighted by Gasteiger charge is 2.40. The van der Waals surface area contributed by atoms with Gasteiger partial charge in [-0.15, -0.1) is 11.3 Å². The summed E-state index contributed by atoms with van der Waals surface area (Å²) in [5.74, 6) is -1.56. The predicted octanol–water partition coefficient (Wildman–Crippen LogP) is 4.85. The van der Waals surface area contributed by atoms with Crippen molar-refractivity contribution in [2.24, 2.45) is 0 Å². The summed E-state index contributed by atoms with van der Waals surface area (Å²) in [6.07, 6.45) is -5.00. The average Bonchev–Trinajstić information content (AvgIpc) is 3.24. The Labute approximate surface area is 182 Å². The van der Waals surface area contributed by atoms with Crippen LogP contribution in [-0.2, 0) is 16.2 Å². The van der Waals surface area contributed by atoms with Crippen LogP contribution in [0.15, 0.2) is 58.8 Å². The van der Waals surface area contributed by atoms with E-state index in [4.69, 9.17) is 11.6 Å². The van der Waals surface area contributed by atoms with Crippen LogP contribution >= 0.6 is 22.9 Å². The zero-order valence-corrected chi connectivity index (χ0v) is 17.4. The summed E-state index contributed by atoms with van der Waals surface area (Å²) in [4.78, 5) is 25.7. The first-order chi connectivity index (χ1) is 14.5. The molecule has 1 aliphatic heterocycles. The quantitative estimate of drug-likeness (QED) is 0.495. The molecule has 12 heteroatoms. The maximum absolute atomic E-state index is 13.7. The predicted molar refractivity (Wildman–Crippen MR) is 107 cm³/mol. The number of thiophene rings is 1. The molecule has 0 fully saturated rings. The second kappa shape index (κ2) is 7.36. The maximum atomic E-state index is 13.7. The first kappa shape index (κ1) is 21.3. The smallest absolute Gasteiger partial charge is 0.268 e. The highest BCUT2D eigenvalue weighted by molar-refractivity contribution is 7.91. The second-order valence-electron chi connectivity index (χ2n) is 6.32. The number of hydrogen-bond donors (Lipinski definition) is 0. The van der Waals surface area contributed by atoms with Crippen LogP contribution < -0.4 is 9.62 Å². The molecule has 6 nitrogen and oxygen atoms in total. The number of anilines is 1. The van der Waals surface area contributed by atoms with Gasteiger partial charge in [-0.05, 0) is 42.5 Å². The maximum Gasteiger partial charge on any atom is 0.418 e. The van der Waals surface area contributed by atoms with Crippen molar-refractivity contribution in [1.82, 2.24) is 4.72 Å². The Kier molecular flexibility index (Phi) is 5.07. The van der Waals surface area contributed by atoms with Gasteiger partial charge in [-0.1, -0.05) is 23.7 Å². The molecular weight excluding hydrogens is 477 g/mol. The number of benzene rings is 2. The number of fused-ring (bicyclic) bond motifs is 1. The van der Waals surface area contributed by atoms with Crippen molar-refractivity contribution in [3.63, 3.8) is 0 Å². The topological polar surface area (TPSA) is 85.6 Å². The Morgan fingerprint density at radius 3 is 2.06 bits per heavy atom. The number of nitrogens with zero attached hydrogens (tertiary/aromatic N) is 2. The summed E-state index contributed by atoms with van der Waals surface area (Å²) in [6.45, 7) is 0. The Balaban J connectivity index is 1.76. The Morgan fingerprint density at radius 1 is 0.935 bits per heavy atom. The van der Waals surface area contributed by atoms with Gasteiger partial charge < -0.3 is 0 Å². The molecule has 0 aliphatic carbocycles. The normalized spacial score (nSPS) is 14.1. The number of halogens is 4. The van der Waals surface area contributed by atoms with Gasteiger partial charge in [-0.2, -0.15) is 26.3 Å². The third-order valence-electron chi connectivity index (χ3n) is 4.36. The lowest BCUT2D eigenvalue weighted by atomic mass is 10.1. The van der Waals surface area contributed by atoms with Gasteiger partial charge in [-0.25, -0.2) is 4.90 Å². The molecule has 1 radical (unpaired) electrons. The van der Waals surface area contributed by atoms with Gasteiger partial charge in [0.25, 0.3) is 21.8 Å². The van der Waals surface area contributed by atoms with E-state index in [-0.39, 0.29) is 25.4 Å². The number of imide groups is 1. The number of carbonyl (C=O) groups is 2. The molecule has 1 aliphatic rings. The molecule has 0 unspecified atom stereocenters. The summed E-state index contributed by atoms with van der Waals surface area (Å²) in [7, 11) is -4.46. The van der Waals surface area contributed by atoms with Crippen LogP contribution in [0.1, 0.15) is 26.3 Å². The van der Waals surface area contributed by atoms with E-state index in [0.717, 1.165) is 18.2 Å². The zero-order chi connectivity index (χ0) is 22.6. The van der Waals surface area contributed by atoms with Crippen molar-refractivity contribution in [2.45, 2.75) is 10.4 Å². The van der Waals surface area contributed by atoms with E-state index in [0.29, 0.717) is 22.3 Å². The van der Waals surface area contributed by atoms with Crippen LogP contribution in [-0.4, -0.2) is 20.2 Å². The van der Waals surface area contributed by atoms with Crippen molar-refractivity contribution >= 4 is 56.2 Å². The summed E-state index contributed by atoms with van der Waals surface area (Å²) in [5.41, 5.74) is -2.52. The largest absolute Gasteiger partial charge is 0.418 e. The molecule has 159 valence electrons. The fraction of sp³-hybridized carbons (Fsp3) is 0.0526. The van der Waals surface area contributed by atoms with Gasteiger partial charge >= 0.3 is 6.18 Å². The summed E-state index contributed by atoms with van der Waals surface area (Å²) < 4.78 is 69.0. The zero-order valence-electron chi connectivity index (χ0n) is 15.1. The molecule has 3 aromatic rings. The molecule has 2 heterocycles. The fourth-order valence-electron chi connectivity index (χ4n) is 3.00. The van der Waals surface area contributed by atoms with Crippen LogP contribution in [0.5, 0.6) is 0 Å². The highest BCUT2D eigenvalue weighted by Crippen LogP contribution is 2.40. The van der Waals surface area contributed by atoms with Gasteiger partial charge in [0.2, 0.25) is 0 Å². The van der Waals surface area contributed by atoms with Crippen molar-refractivity contribution in [3.05, 3.63) is 75.6 Å². The Hall–Kier alpha value is -2.89. The SMILES string of the molecule is O=C1c2ccccc2C(=O)N1c1ccc([N]S(=O)(=O)c2ccc(Cl)s2)c(C(F)(F)F)c1. The van der Waals surface area contributed by atoms with Crippen LogP contribution in [0, 0.1) is 0 Å². The minimum absolute atomic E-state index is 0.0620. The van der Waals surface area contributed by atoms with E-state index in [1.807, 2.05) is 0 Å². The van der Waals surface area contributed by atoms with Crippen molar-refractivity contribution in [2.75, 3.05) is 4.90 Å². The first-order valence-corrected chi connectivity index (χ1v) is 11.0. The molecule has 2 aromatic carbocycles. The van der Waals surface area contributed by atoms with E-state index in [9.17, 15) is 31.2 Å². The van der Waals surface area contributed by atoms with E-state index in [2.05, 4.69) is 4.72 Å². The molecule has 1 aromatic heterocycles. The van der Waals surface area contributed by atoms with E-state index < -0.39 is 39.3 Å². The Bertz CT molecular complexity index is 1300. The standard InChI is InChI=1S/C19H9ClF3N2O4S2/c20-15-7-8-16(30-15)31(28,29)24-14-6-5-10(9-13(14)19(21,22)23)25-17(26)11-3-1-2-4-12(11)18(25)27/h1-9H. The van der Waals surface area contributed by atoms with Gasteiger partial charge in [0, 0.05) is 0 Å². The van der Waals surface area contributed by atoms with Gasteiger partial charge in [0.1, 0.15) is 4.21 Å². The number of hydrogen-bond acceptors (Lipinski definition) is 5. The monoisotopic (exact) mass is 485 g/mol. The fourth-order valence-corrected chi connectivity index (χ4v) is 5.47. The number of amides is 2. The summed E-state index contributed by atoms with van der Waals surface area (Å²) in [5, 5.41) is 0. The number of alkyl halides is 3. The molecule has 0 N–H and O–H groups in total. The summed E-state index contributed by atoms with van der Waals surface area (Å²) in [6, 6.07) is 10.6. The van der Waals surface area contributed by atoms with Crippen LogP contribution in [0.25, 0.3) is 0 Å². The Morgan fingerprint density at radius 2 is 1.55 bits per heavy atom.